The maximum absolute atomic E-state index is 8.08. The molecule has 0 aliphatic heterocycles. The molecule has 0 spiro atoms. The predicted molar refractivity (Wildman–Crippen MR) is 226 cm³/mol. The minimum absolute atomic E-state index is 0. The molecule has 7 heteroatoms. The zero-order chi connectivity index (χ0) is 39.8. The number of ether oxygens (including phenoxy) is 1. The van der Waals surface area contributed by atoms with E-state index >= 15 is 0 Å². The van der Waals surface area contributed by atoms with E-state index in [4.69, 9.17) is 13.8 Å². The fraction of sp³-hybridized carbons (Fsp3) is 0.125. The Kier molecular flexibility index (Phi) is 9.67. The minimum atomic E-state index is -3.49. The van der Waals surface area contributed by atoms with Gasteiger partial charge in [0.15, 0.2) is 0 Å². The van der Waals surface area contributed by atoms with E-state index in [1.807, 2.05) is 115 Å². The van der Waals surface area contributed by atoms with Gasteiger partial charge in [-0.2, -0.15) is 18.2 Å². The summed E-state index contributed by atoms with van der Waals surface area (Å²) < 4.78 is 35.0. The summed E-state index contributed by atoms with van der Waals surface area (Å²) in [6, 6.07) is 58.0. The molecule has 8 aromatic rings. The van der Waals surface area contributed by atoms with Crippen LogP contribution in [0.25, 0.3) is 27.6 Å². The van der Waals surface area contributed by atoms with Gasteiger partial charge in [-0.25, -0.2) is 4.98 Å². The molecule has 0 amide bonds. The van der Waals surface area contributed by atoms with Crippen molar-refractivity contribution in [2.45, 2.75) is 33.1 Å². The van der Waals surface area contributed by atoms with E-state index in [2.05, 4.69) is 103 Å². The molecule has 0 atom stereocenters. The molecule has 0 unspecified atom stereocenters. The number of nitrogens with zero attached hydrogens (tertiary/aromatic N) is 4. The number of anilines is 1. The van der Waals surface area contributed by atoms with Crippen molar-refractivity contribution in [1.29, 1.82) is 0 Å². The van der Waals surface area contributed by atoms with Crippen LogP contribution in [-0.2, 0) is 26.5 Å². The Morgan fingerprint density at radius 3 is 2.13 bits per heavy atom. The van der Waals surface area contributed by atoms with Crippen LogP contribution in [-0.4, -0.2) is 31.1 Å². The summed E-state index contributed by atoms with van der Waals surface area (Å²) in [7, 11) is -3.49. The number of rotatable bonds is 9. The molecule has 0 N–H and O–H groups in total. The molecule has 0 radical (unpaired) electrons. The van der Waals surface area contributed by atoms with Crippen LogP contribution in [0.4, 0.5) is 5.69 Å². The van der Waals surface area contributed by atoms with E-state index in [-0.39, 0.29) is 26.5 Å². The van der Waals surface area contributed by atoms with Crippen molar-refractivity contribution in [1.82, 2.24) is 9.55 Å². The molecule has 0 saturated heterocycles. The van der Waals surface area contributed by atoms with Crippen molar-refractivity contribution in [2.75, 3.05) is 11.5 Å². The Hall–Kier alpha value is -5.55. The maximum Gasteiger partial charge on any atom is 0.200 e. The molecule has 2 aromatic heterocycles. The standard InChI is InChI=1S/C48H41N4OSi.Pt/c1-35-17-12-14-25-44(35)51(34-49-5)54(39-19-8-6-9-20-39,40-21-10-7-11-22-40)41-23-16-18-37(32-41)53-38-27-28-43-42-24-13-15-26-45(42)52(46(43)33-38)47-31-36(29-30-50-47)48(2,3)4;/h6-31H,1-5H3;/q-3;/i5D3;. The van der Waals surface area contributed by atoms with Crippen molar-refractivity contribution in [3.05, 3.63) is 181 Å². The summed E-state index contributed by atoms with van der Waals surface area (Å²) in [6.07, 6.45) is 4.94. The van der Waals surface area contributed by atoms with Gasteiger partial charge in [0.05, 0.1) is 0 Å². The maximum atomic E-state index is 8.08. The molecule has 2 heterocycles. The molecular formula is C48H41N4OPtSi-3. The third-order valence-electron chi connectivity index (χ3n) is 10.0. The molecule has 0 saturated carbocycles. The topological polar surface area (TPSA) is 42.6 Å². The Bertz CT molecular complexity index is 2690. The smallest absolute Gasteiger partial charge is 0.200 e. The molecule has 0 fully saturated rings. The first kappa shape index (κ1) is 34.0. The molecule has 0 aliphatic carbocycles. The van der Waals surface area contributed by atoms with Gasteiger partial charge in [0.2, 0.25) is 8.24 Å². The average Bonchev–Trinajstić information content (AvgIpc) is 3.53. The molecule has 8 rings (SSSR count). The van der Waals surface area contributed by atoms with Gasteiger partial charge in [0.1, 0.15) is 5.82 Å². The summed E-state index contributed by atoms with van der Waals surface area (Å²) in [5.41, 5.74) is 4.74. The van der Waals surface area contributed by atoms with Crippen LogP contribution < -0.4 is 24.9 Å². The zero-order valence-electron chi connectivity index (χ0n) is 34.0. The summed E-state index contributed by atoms with van der Waals surface area (Å²) in [5.74, 6) is 1.81. The van der Waals surface area contributed by atoms with Crippen molar-refractivity contribution in [3.63, 3.8) is 0 Å². The van der Waals surface area contributed by atoms with E-state index in [9.17, 15) is 0 Å². The Morgan fingerprint density at radius 1 is 0.745 bits per heavy atom. The van der Waals surface area contributed by atoms with Crippen LogP contribution in [0.3, 0.4) is 0 Å². The summed E-state index contributed by atoms with van der Waals surface area (Å²) in [6.45, 7) is 6.01. The van der Waals surface area contributed by atoms with Gasteiger partial charge in [0.25, 0.3) is 0 Å². The molecule has 0 aliphatic rings. The number of benzene rings is 6. The number of aliphatic imine (C=N–C) groups is 1. The molecule has 276 valence electrons. The van der Waals surface area contributed by atoms with Crippen molar-refractivity contribution in [3.8, 4) is 17.3 Å². The third-order valence-corrected chi connectivity index (χ3v) is 14.4. The zero-order valence-corrected chi connectivity index (χ0v) is 34.3. The summed E-state index contributed by atoms with van der Waals surface area (Å²) in [4.78, 5) is 8.89. The molecule has 55 heavy (non-hydrogen) atoms. The normalized spacial score (nSPS) is 12.9. The van der Waals surface area contributed by atoms with Gasteiger partial charge < -0.3 is 18.9 Å². The number of hydrogen-bond acceptors (Lipinski definition) is 3. The number of hydrogen-bond donors (Lipinski definition) is 0. The first-order chi connectivity index (χ1) is 27.4. The van der Waals surface area contributed by atoms with Gasteiger partial charge in [-0.1, -0.05) is 137 Å². The van der Waals surface area contributed by atoms with Gasteiger partial charge in [-0.05, 0) is 44.9 Å². The van der Waals surface area contributed by atoms with Gasteiger partial charge in [-0.3, -0.25) is 0 Å². The first-order valence-electron chi connectivity index (χ1n) is 19.5. The summed E-state index contributed by atoms with van der Waals surface area (Å²) >= 11 is 0. The largest absolute Gasteiger partial charge is 0.515 e. The molecule has 0 bridgehead atoms. The molecular weight excluding hydrogens is 872 g/mol. The monoisotopic (exact) mass is 915 g/mol. The minimum Gasteiger partial charge on any atom is -0.515 e. The van der Waals surface area contributed by atoms with Crippen LogP contribution in [0.15, 0.2) is 163 Å². The number of para-hydroxylation sites is 2. The molecule has 6 aromatic carbocycles. The van der Waals surface area contributed by atoms with Gasteiger partial charge in [-0.15, -0.1) is 52.2 Å². The van der Waals surface area contributed by atoms with E-state index in [0.29, 0.717) is 11.5 Å². The van der Waals surface area contributed by atoms with Crippen LogP contribution in [0.1, 0.15) is 36.0 Å². The van der Waals surface area contributed by atoms with Crippen LogP contribution in [0.2, 0.25) is 0 Å². The predicted octanol–water partition coefficient (Wildman–Crippen LogP) is 9.18. The Morgan fingerprint density at radius 2 is 1.42 bits per heavy atom. The number of fused-ring (bicyclic) bond motifs is 3. The second kappa shape index (κ2) is 15.7. The van der Waals surface area contributed by atoms with Gasteiger partial charge in [0, 0.05) is 55.4 Å². The van der Waals surface area contributed by atoms with E-state index in [1.54, 1.807) is 0 Å². The fourth-order valence-corrected chi connectivity index (χ4v) is 11.9. The number of aryl methyl sites for hydroxylation is 1. The van der Waals surface area contributed by atoms with Crippen LogP contribution in [0, 0.1) is 19.1 Å². The third kappa shape index (κ3) is 6.97. The summed E-state index contributed by atoms with van der Waals surface area (Å²) in [5, 5.41) is 4.94. The van der Waals surface area contributed by atoms with Crippen LogP contribution >= 0.6 is 0 Å². The number of aromatic nitrogens is 2. The average molecular weight is 916 g/mol. The van der Waals surface area contributed by atoms with Crippen molar-refractivity contribution < 1.29 is 29.9 Å². The Balaban J connectivity index is 0.00000512. The quantitative estimate of drug-likeness (QED) is 0.0363. The second-order valence-corrected chi connectivity index (χ2v) is 18.0. The molecule has 5 nitrogen and oxygen atoms in total. The van der Waals surface area contributed by atoms with E-state index in [1.165, 1.54) is 5.56 Å². The van der Waals surface area contributed by atoms with Gasteiger partial charge >= 0.3 is 0 Å². The Labute approximate surface area is 343 Å². The van der Waals surface area contributed by atoms with Crippen molar-refractivity contribution in [2.24, 2.45) is 4.99 Å². The first-order valence-corrected chi connectivity index (χ1v) is 20.0. The van der Waals surface area contributed by atoms with Crippen LogP contribution in [0.5, 0.6) is 11.5 Å². The second-order valence-electron chi connectivity index (χ2n) is 14.4. The van der Waals surface area contributed by atoms with E-state index in [0.717, 1.165) is 54.4 Å². The fourth-order valence-electron chi connectivity index (χ4n) is 7.40. The number of pyridine rings is 1. The SMILES string of the molecule is [2H]C([2H])([2H])N=[C-]N(c1ccccc1C)[Si](c1[c-]c(Oc2[c-]c3c(cc2)c2ccccc2n3-c2cc(C(C)(C)C)ccn2)ccc1)(c1ccccc1)c1ccccc1.[Pt]. The van der Waals surface area contributed by atoms with Crippen molar-refractivity contribution >= 4 is 57.6 Å². The van der Waals surface area contributed by atoms with E-state index < -0.39 is 15.2 Å².